The van der Waals surface area contributed by atoms with Crippen molar-refractivity contribution in [2.24, 2.45) is 5.92 Å². The molecule has 5 N–H and O–H groups in total. The third kappa shape index (κ3) is 9.46. The number of ketones is 1. The van der Waals surface area contributed by atoms with Crippen LogP contribution in [0.5, 0.6) is 0 Å². The maximum absolute atomic E-state index is 13.3. The number of aliphatic carboxylic acids is 3. The van der Waals surface area contributed by atoms with Crippen LogP contribution >= 0.6 is 0 Å². The van der Waals surface area contributed by atoms with Crippen LogP contribution in [0.2, 0.25) is 0 Å². The lowest BCUT2D eigenvalue weighted by molar-refractivity contribution is -0.170. The number of carboxylic acid groups (broad SMARTS) is 3. The quantitative estimate of drug-likeness (QED) is 0.173. The van der Waals surface area contributed by atoms with E-state index in [2.05, 4.69) is 18.7 Å². The van der Waals surface area contributed by atoms with Crippen molar-refractivity contribution in [1.29, 1.82) is 0 Å². The molecule has 0 heterocycles. The number of hydrogen-bond acceptors (Lipinski definition) is 8. The van der Waals surface area contributed by atoms with Crippen molar-refractivity contribution in [2.45, 2.75) is 70.1 Å². The van der Waals surface area contributed by atoms with Gasteiger partial charge < -0.3 is 30.4 Å². The summed E-state index contributed by atoms with van der Waals surface area (Å²) >= 11 is 0. The van der Waals surface area contributed by atoms with Crippen LogP contribution in [0, 0.1) is 5.92 Å². The number of benzene rings is 1. The van der Waals surface area contributed by atoms with E-state index in [1.165, 1.54) is 6.42 Å². The summed E-state index contributed by atoms with van der Waals surface area (Å²) in [4.78, 5) is 48.0. The minimum atomic E-state index is -2.74. The molecule has 1 aliphatic carbocycles. The number of nitrogens with zero attached hydrogens (tertiary/aromatic N) is 2. The fraction of sp³-hybridized carbons (Fsp3) is 0.630. The average Bonchev–Trinajstić information content (AvgIpc) is 2.88. The number of rotatable bonds is 14. The first-order chi connectivity index (χ1) is 17.8. The Morgan fingerprint density at radius 3 is 1.76 bits per heavy atom. The molecule has 1 unspecified atom stereocenters. The molecular formula is C27H42N2O9. The van der Waals surface area contributed by atoms with Gasteiger partial charge in [-0.2, -0.15) is 0 Å². The van der Waals surface area contributed by atoms with E-state index in [-0.39, 0.29) is 11.7 Å². The lowest BCUT2D eigenvalue weighted by Gasteiger charge is -2.44. The lowest BCUT2D eigenvalue weighted by atomic mass is 9.77. The second-order valence-electron chi connectivity index (χ2n) is 9.68. The van der Waals surface area contributed by atoms with E-state index in [0.717, 1.165) is 45.3 Å². The van der Waals surface area contributed by atoms with Gasteiger partial charge in [-0.1, -0.05) is 63.4 Å². The summed E-state index contributed by atoms with van der Waals surface area (Å²) in [6.45, 7) is 7.81. The molecule has 1 atom stereocenters. The van der Waals surface area contributed by atoms with Crippen LogP contribution in [0.15, 0.2) is 30.3 Å². The molecule has 11 nitrogen and oxygen atoms in total. The van der Waals surface area contributed by atoms with Crippen LogP contribution in [-0.4, -0.2) is 104 Å². The summed E-state index contributed by atoms with van der Waals surface area (Å²) in [5, 5.41) is 45.5. The number of aliphatic hydroxyl groups is 2. The number of carboxylic acids is 3. The number of likely N-dealkylation sites (N-methyl/N-ethyl adjacent to an activating group) is 2. The molecular weight excluding hydrogens is 496 g/mol. The molecule has 0 aromatic heterocycles. The van der Waals surface area contributed by atoms with Crippen molar-refractivity contribution in [2.75, 3.05) is 33.2 Å². The minimum Gasteiger partial charge on any atom is -0.481 e. The molecule has 38 heavy (non-hydrogen) atoms. The van der Waals surface area contributed by atoms with Gasteiger partial charge in [-0.05, 0) is 33.0 Å². The van der Waals surface area contributed by atoms with Gasteiger partial charge in [-0.15, -0.1) is 0 Å². The molecule has 2 rings (SSSR count). The zero-order valence-electron chi connectivity index (χ0n) is 22.5. The number of Topliss-reactive ketones (excluding diaryl/α,β-unsaturated/α-hetero) is 1. The van der Waals surface area contributed by atoms with Gasteiger partial charge >= 0.3 is 17.9 Å². The van der Waals surface area contributed by atoms with E-state index >= 15 is 0 Å². The highest BCUT2D eigenvalue weighted by Gasteiger charge is 2.47. The van der Waals surface area contributed by atoms with Gasteiger partial charge in [0.1, 0.15) is 0 Å². The van der Waals surface area contributed by atoms with Crippen molar-refractivity contribution >= 4 is 23.7 Å². The molecule has 0 bridgehead atoms. The molecule has 1 aliphatic rings. The summed E-state index contributed by atoms with van der Waals surface area (Å²) in [6, 6.07) is 9.26. The maximum atomic E-state index is 13.3. The minimum absolute atomic E-state index is 0.00987. The average molecular weight is 539 g/mol. The lowest BCUT2D eigenvalue weighted by Crippen LogP contribution is -2.59. The van der Waals surface area contributed by atoms with Crippen LogP contribution in [0.3, 0.4) is 0 Å². The third-order valence-electron chi connectivity index (χ3n) is 7.06. The zero-order valence-corrected chi connectivity index (χ0v) is 22.5. The SMILES string of the molecule is CCN(CC)CCN(C)C(O)(C(=O)c1ccccc1)C1CCCCC1.O=C(O)CC(O)(CC(=O)O)C(=O)O. The molecule has 1 aromatic carbocycles. The number of hydrogen-bond donors (Lipinski definition) is 5. The summed E-state index contributed by atoms with van der Waals surface area (Å²) < 4.78 is 0. The molecule has 0 amide bonds. The fourth-order valence-electron chi connectivity index (χ4n) is 4.69. The summed E-state index contributed by atoms with van der Waals surface area (Å²) in [5.41, 5.74) is -3.54. The predicted molar refractivity (Wildman–Crippen MR) is 140 cm³/mol. The van der Waals surface area contributed by atoms with Crippen LogP contribution < -0.4 is 0 Å². The second kappa shape index (κ2) is 15.5. The highest BCUT2D eigenvalue weighted by atomic mass is 16.4. The highest BCUT2D eigenvalue weighted by Crippen LogP contribution is 2.36. The van der Waals surface area contributed by atoms with Crippen molar-refractivity contribution in [3.63, 3.8) is 0 Å². The largest absolute Gasteiger partial charge is 0.481 e. The van der Waals surface area contributed by atoms with Crippen molar-refractivity contribution in [3.05, 3.63) is 35.9 Å². The van der Waals surface area contributed by atoms with Gasteiger partial charge in [0.05, 0.1) is 12.8 Å². The van der Waals surface area contributed by atoms with E-state index in [1.54, 1.807) is 0 Å². The molecule has 1 fully saturated rings. The molecule has 214 valence electrons. The monoisotopic (exact) mass is 538 g/mol. The van der Waals surface area contributed by atoms with E-state index in [1.807, 2.05) is 42.3 Å². The maximum Gasteiger partial charge on any atom is 0.336 e. The van der Waals surface area contributed by atoms with Crippen molar-refractivity contribution in [1.82, 2.24) is 9.80 Å². The molecule has 11 heteroatoms. The Balaban J connectivity index is 0.000000471. The van der Waals surface area contributed by atoms with Gasteiger partial charge in [0.25, 0.3) is 0 Å². The predicted octanol–water partition coefficient (Wildman–Crippen LogP) is 2.16. The Hall–Kier alpha value is -2.86. The Morgan fingerprint density at radius 1 is 0.842 bits per heavy atom. The summed E-state index contributed by atoms with van der Waals surface area (Å²) in [7, 11) is 1.90. The Labute approximate surface area is 223 Å². The van der Waals surface area contributed by atoms with Crippen molar-refractivity contribution < 1.29 is 44.7 Å². The van der Waals surface area contributed by atoms with Gasteiger partial charge in [-0.25, -0.2) is 4.79 Å². The van der Waals surface area contributed by atoms with Gasteiger partial charge in [0, 0.05) is 24.6 Å². The van der Waals surface area contributed by atoms with E-state index in [4.69, 9.17) is 20.4 Å². The van der Waals surface area contributed by atoms with E-state index in [9.17, 15) is 24.3 Å². The first-order valence-corrected chi connectivity index (χ1v) is 13.0. The Bertz CT molecular complexity index is 898. The number of carbonyl (C=O) groups excluding carboxylic acids is 1. The Morgan fingerprint density at radius 2 is 1.34 bits per heavy atom. The summed E-state index contributed by atoms with van der Waals surface area (Å²) in [6.07, 6.45) is 2.95. The van der Waals surface area contributed by atoms with Crippen LogP contribution in [0.25, 0.3) is 0 Å². The first kappa shape index (κ1) is 33.2. The third-order valence-corrected chi connectivity index (χ3v) is 7.06. The normalized spacial score (nSPS) is 15.9. The zero-order chi connectivity index (χ0) is 28.9. The molecule has 0 saturated heterocycles. The standard InChI is InChI=1S/C21H34N2O2.C6H8O7/c1-4-23(5-2)17-16-22(3)21(25,19-14-10-7-11-15-19)20(24)18-12-8-6-9-13-18;7-3(8)1-6(13,5(11)12)2-4(9)10/h6,8-9,12-13,19,25H,4-5,7,10-11,14-17H2,1-3H3;13H,1-2H2,(H,7,8)(H,9,10)(H,11,12). The smallest absolute Gasteiger partial charge is 0.336 e. The molecule has 1 aromatic rings. The molecule has 1 saturated carbocycles. The van der Waals surface area contributed by atoms with E-state index in [0.29, 0.717) is 12.1 Å². The summed E-state index contributed by atoms with van der Waals surface area (Å²) in [5.74, 6) is -5.16. The van der Waals surface area contributed by atoms with Crippen LogP contribution in [-0.2, 0) is 14.4 Å². The first-order valence-electron chi connectivity index (χ1n) is 13.0. The van der Waals surface area contributed by atoms with Crippen LogP contribution in [0.4, 0.5) is 0 Å². The van der Waals surface area contributed by atoms with Gasteiger partial charge in [0.2, 0.25) is 5.78 Å². The number of carbonyl (C=O) groups is 4. The molecule has 0 spiro atoms. The van der Waals surface area contributed by atoms with Crippen molar-refractivity contribution in [3.8, 4) is 0 Å². The topological polar surface area (TPSA) is 176 Å². The van der Waals surface area contributed by atoms with Gasteiger partial charge in [-0.3, -0.25) is 19.3 Å². The van der Waals surface area contributed by atoms with Crippen LogP contribution in [0.1, 0.15) is 69.2 Å². The second-order valence-corrected chi connectivity index (χ2v) is 9.68. The molecule has 0 aliphatic heterocycles. The van der Waals surface area contributed by atoms with Gasteiger partial charge in [0.15, 0.2) is 11.3 Å². The Kier molecular flexibility index (Phi) is 13.6. The van der Waals surface area contributed by atoms with E-state index < -0.39 is 42.1 Å². The fourth-order valence-corrected chi connectivity index (χ4v) is 4.69. The molecule has 0 radical (unpaired) electrons. The highest BCUT2D eigenvalue weighted by molar-refractivity contribution is 6.02.